The molecule has 104 valence electrons. The Labute approximate surface area is 130 Å². The molecule has 2 aromatic heterocycles. The molecule has 0 atom stereocenters. The second-order valence-electron chi connectivity index (χ2n) is 4.61. The van der Waals surface area contributed by atoms with E-state index >= 15 is 0 Å². The zero-order valence-electron chi connectivity index (χ0n) is 11.1. The fourth-order valence-corrected chi connectivity index (χ4v) is 2.61. The smallest absolute Gasteiger partial charge is 0.153 e. The molecule has 3 aromatic rings. The van der Waals surface area contributed by atoms with Gasteiger partial charge in [-0.05, 0) is 29.8 Å². The molecular weight excluding hydrogens is 330 g/mol. The predicted octanol–water partition coefficient (Wildman–Crippen LogP) is 3.57. The molecule has 4 nitrogen and oxygen atoms in total. The Morgan fingerprint density at radius 1 is 1.19 bits per heavy atom. The summed E-state index contributed by atoms with van der Waals surface area (Å²) in [4.78, 5) is 15.2. The maximum absolute atomic E-state index is 11.2. The summed E-state index contributed by atoms with van der Waals surface area (Å²) in [5, 5.41) is 4.52. The molecule has 21 heavy (non-hydrogen) atoms. The first kappa shape index (κ1) is 13.7. The average Bonchev–Trinajstić information content (AvgIpc) is 2.91. The summed E-state index contributed by atoms with van der Waals surface area (Å²) in [7, 11) is 0. The number of hydrogen-bond donors (Lipinski definition) is 0. The number of pyridine rings is 1. The minimum Gasteiger partial charge on any atom is -0.298 e. The van der Waals surface area contributed by atoms with Gasteiger partial charge in [-0.25, -0.2) is 0 Å². The van der Waals surface area contributed by atoms with E-state index in [2.05, 4.69) is 26.0 Å². The average molecular weight is 342 g/mol. The van der Waals surface area contributed by atoms with Crippen molar-refractivity contribution in [1.82, 2.24) is 14.8 Å². The van der Waals surface area contributed by atoms with Crippen LogP contribution in [0.2, 0.25) is 0 Å². The Kier molecular flexibility index (Phi) is 3.92. The van der Waals surface area contributed by atoms with E-state index in [0.717, 1.165) is 21.9 Å². The predicted molar refractivity (Wildman–Crippen MR) is 84.1 cm³/mol. The molecule has 0 unspecified atom stereocenters. The van der Waals surface area contributed by atoms with Gasteiger partial charge in [0, 0.05) is 28.6 Å². The highest BCUT2D eigenvalue weighted by Gasteiger charge is 2.10. The van der Waals surface area contributed by atoms with Crippen molar-refractivity contribution >= 4 is 22.2 Å². The van der Waals surface area contributed by atoms with E-state index in [9.17, 15) is 4.79 Å². The van der Waals surface area contributed by atoms with Crippen LogP contribution in [0.25, 0.3) is 11.3 Å². The van der Waals surface area contributed by atoms with Crippen LogP contribution in [0.15, 0.2) is 59.5 Å². The third-order valence-corrected chi connectivity index (χ3v) is 3.60. The standard InChI is InChI=1S/C16H12BrN3O/c17-15-3-1-2-12(8-15)9-20-10-14(11-21)16(19-20)13-4-6-18-7-5-13/h1-8,10-11H,9H2. The van der Waals surface area contributed by atoms with Gasteiger partial charge in [-0.1, -0.05) is 28.1 Å². The maximum atomic E-state index is 11.2. The molecule has 0 N–H and O–H groups in total. The Hall–Kier alpha value is -2.27. The summed E-state index contributed by atoms with van der Waals surface area (Å²) in [5.41, 5.74) is 3.27. The largest absolute Gasteiger partial charge is 0.298 e. The van der Waals surface area contributed by atoms with Gasteiger partial charge < -0.3 is 0 Å². The van der Waals surface area contributed by atoms with Gasteiger partial charge in [-0.3, -0.25) is 14.5 Å². The highest BCUT2D eigenvalue weighted by atomic mass is 79.9. The molecule has 0 saturated carbocycles. The van der Waals surface area contributed by atoms with Gasteiger partial charge in [-0.2, -0.15) is 5.10 Å². The number of nitrogens with zero attached hydrogens (tertiary/aromatic N) is 3. The molecule has 0 aliphatic carbocycles. The number of carbonyl (C=O) groups is 1. The van der Waals surface area contributed by atoms with Crippen LogP contribution in [0.4, 0.5) is 0 Å². The van der Waals surface area contributed by atoms with Crippen LogP contribution in [0, 0.1) is 0 Å². The number of halogens is 1. The zero-order valence-corrected chi connectivity index (χ0v) is 12.7. The molecule has 0 aliphatic heterocycles. The summed E-state index contributed by atoms with van der Waals surface area (Å²) in [5.74, 6) is 0. The van der Waals surface area contributed by atoms with E-state index in [1.165, 1.54) is 0 Å². The van der Waals surface area contributed by atoms with E-state index in [1.807, 2.05) is 36.4 Å². The number of carbonyl (C=O) groups excluding carboxylic acids is 1. The topological polar surface area (TPSA) is 47.8 Å². The molecule has 3 rings (SSSR count). The lowest BCUT2D eigenvalue weighted by Crippen LogP contribution is -2.00. The van der Waals surface area contributed by atoms with Crippen molar-refractivity contribution in [3.63, 3.8) is 0 Å². The highest BCUT2D eigenvalue weighted by Crippen LogP contribution is 2.21. The van der Waals surface area contributed by atoms with Crippen molar-refractivity contribution in [2.75, 3.05) is 0 Å². The van der Waals surface area contributed by atoms with Gasteiger partial charge in [0.2, 0.25) is 0 Å². The van der Waals surface area contributed by atoms with Gasteiger partial charge in [0.1, 0.15) is 5.69 Å². The Bertz CT molecular complexity index is 768. The van der Waals surface area contributed by atoms with Crippen LogP contribution < -0.4 is 0 Å². The van der Waals surface area contributed by atoms with Gasteiger partial charge in [0.05, 0.1) is 12.1 Å². The van der Waals surface area contributed by atoms with Crippen molar-refractivity contribution in [3.05, 3.63) is 70.6 Å². The minimum atomic E-state index is 0.580. The molecule has 0 radical (unpaired) electrons. The van der Waals surface area contributed by atoms with Crippen LogP contribution in [-0.4, -0.2) is 21.1 Å². The number of rotatable bonds is 4. The first-order valence-electron chi connectivity index (χ1n) is 6.44. The molecule has 0 aliphatic rings. The monoisotopic (exact) mass is 341 g/mol. The van der Waals surface area contributed by atoms with Crippen molar-refractivity contribution in [2.24, 2.45) is 0 Å². The van der Waals surface area contributed by atoms with Crippen LogP contribution >= 0.6 is 15.9 Å². The summed E-state index contributed by atoms with van der Waals surface area (Å²) in [6.07, 6.45) is 5.98. The lowest BCUT2D eigenvalue weighted by Gasteiger charge is -2.02. The minimum absolute atomic E-state index is 0.580. The van der Waals surface area contributed by atoms with Crippen molar-refractivity contribution < 1.29 is 4.79 Å². The number of aromatic nitrogens is 3. The molecule has 5 heteroatoms. The third kappa shape index (κ3) is 3.08. The van der Waals surface area contributed by atoms with E-state index < -0.39 is 0 Å². The molecule has 0 amide bonds. The second-order valence-corrected chi connectivity index (χ2v) is 5.53. The fourth-order valence-electron chi connectivity index (χ4n) is 2.16. The number of hydrogen-bond acceptors (Lipinski definition) is 3. The highest BCUT2D eigenvalue weighted by molar-refractivity contribution is 9.10. The molecule has 2 heterocycles. The Morgan fingerprint density at radius 3 is 2.71 bits per heavy atom. The molecule has 0 spiro atoms. The molecule has 0 fully saturated rings. The second kappa shape index (κ2) is 6.01. The fraction of sp³-hybridized carbons (Fsp3) is 0.0625. The van der Waals surface area contributed by atoms with Gasteiger partial charge in [0.25, 0.3) is 0 Å². The summed E-state index contributed by atoms with van der Waals surface area (Å²) < 4.78 is 2.80. The Morgan fingerprint density at radius 2 is 2.00 bits per heavy atom. The van der Waals surface area contributed by atoms with E-state index in [0.29, 0.717) is 17.8 Å². The quantitative estimate of drug-likeness (QED) is 0.681. The lowest BCUT2D eigenvalue weighted by molar-refractivity contribution is 0.112. The third-order valence-electron chi connectivity index (χ3n) is 3.10. The molecule has 1 aromatic carbocycles. The maximum Gasteiger partial charge on any atom is 0.153 e. The summed E-state index contributed by atoms with van der Waals surface area (Å²) in [6.45, 7) is 0.616. The molecule has 0 bridgehead atoms. The van der Waals surface area contributed by atoms with E-state index in [4.69, 9.17) is 0 Å². The van der Waals surface area contributed by atoms with Crippen molar-refractivity contribution in [2.45, 2.75) is 6.54 Å². The number of benzene rings is 1. The van der Waals surface area contributed by atoms with Crippen LogP contribution in [0.3, 0.4) is 0 Å². The van der Waals surface area contributed by atoms with E-state index in [-0.39, 0.29) is 0 Å². The van der Waals surface area contributed by atoms with Gasteiger partial charge in [-0.15, -0.1) is 0 Å². The summed E-state index contributed by atoms with van der Waals surface area (Å²) in [6, 6.07) is 11.7. The first-order valence-corrected chi connectivity index (χ1v) is 7.23. The molecule has 0 saturated heterocycles. The van der Waals surface area contributed by atoms with Crippen molar-refractivity contribution in [1.29, 1.82) is 0 Å². The lowest BCUT2D eigenvalue weighted by atomic mass is 10.1. The number of aldehydes is 1. The van der Waals surface area contributed by atoms with Gasteiger partial charge in [0.15, 0.2) is 6.29 Å². The SMILES string of the molecule is O=Cc1cn(Cc2cccc(Br)c2)nc1-c1ccncc1. The first-order chi connectivity index (χ1) is 10.3. The Balaban J connectivity index is 1.95. The summed E-state index contributed by atoms with van der Waals surface area (Å²) >= 11 is 3.45. The molecular formula is C16H12BrN3O. The van der Waals surface area contributed by atoms with Crippen molar-refractivity contribution in [3.8, 4) is 11.3 Å². The van der Waals surface area contributed by atoms with E-state index in [1.54, 1.807) is 23.3 Å². The van der Waals surface area contributed by atoms with Gasteiger partial charge >= 0.3 is 0 Å². The zero-order chi connectivity index (χ0) is 14.7. The van der Waals surface area contributed by atoms with Crippen LogP contribution in [0.5, 0.6) is 0 Å². The van der Waals surface area contributed by atoms with Crippen LogP contribution in [-0.2, 0) is 6.54 Å². The van der Waals surface area contributed by atoms with Crippen LogP contribution in [0.1, 0.15) is 15.9 Å². The normalized spacial score (nSPS) is 10.5.